The Morgan fingerprint density at radius 3 is 2.58 bits per heavy atom. The van der Waals surface area contributed by atoms with Gasteiger partial charge in [0.25, 0.3) is 0 Å². The van der Waals surface area contributed by atoms with Gasteiger partial charge in [-0.05, 0) is 62.4 Å². The molecule has 0 unspecified atom stereocenters. The fourth-order valence-electron chi connectivity index (χ4n) is 3.81. The summed E-state index contributed by atoms with van der Waals surface area (Å²) in [6.45, 7) is 5.49. The van der Waals surface area contributed by atoms with Gasteiger partial charge in [-0.1, -0.05) is 12.8 Å². The number of nitrogens with zero attached hydrogens (tertiary/aromatic N) is 2. The average molecular weight is 366 g/mol. The van der Waals surface area contributed by atoms with E-state index in [9.17, 15) is 9.59 Å². The Morgan fingerprint density at radius 1 is 1.31 bits per heavy atom. The number of fused-ring (bicyclic) bond motifs is 1. The number of thiophene rings is 1. The van der Waals surface area contributed by atoms with Crippen LogP contribution in [0.15, 0.2) is 17.3 Å². The van der Waals surface area contributed by atoms with Gasteiger partial charge in [-0.2, -0.15) is 0 Å². The fraction of sp³-hybridized carbons (Fsp3) is 0.429. The van der Waals surface area contributed by atoms with E-state index in [0.29, 0.717) is 17.2 Å². The Bertz CT molecular complexity index is 933. The molecular formula is C21H22N2O2S. The summed E-state index contributed by atoms with van der Waals surface area (Å²) in [5.74, 6) is 0.948. The number of Topliss-reactive ketones (excluding diaryl/α,β-unsaturated/α-hetero) is 1. The van der Waals surface area contributed by atoms with Crippen molar-refractivity contribution < 1.29 is 9.59 Å². The number of hydrogen-bond donors (Lipinski definition) is 0. The van der Waals surface area contributed by atoms with Crippen LogP contribution in [0.1, 0.15) is 70.9 Å². The Morgan fingerprint density at radius 2 is 2.04 bits per heavy atom. The quantitative estimate of drug-likeness (QED) is 0.309. The van der Waals surface area contributed by atoms with Crippen molar-refractivity contribution in [3.63, 3.8) is 0 Å². The molecule has 0 N–H and O–H groups in total. The highest BCUT2D eigenvalue weighted by Gasteiger charge is 2.31. The number of aryl methyl sites for hydroxylation is 1. The van der Waals surface area contributed by atoms with Crippen molar-refractivity contribution in [3.8, 4) is 0 Å². The monoisotopic (exact) mass is 366 g/mol. The van der Waals surface area contributed by atoms with Crippen LogP contribution in [-0.2, 0) is 4.79 Å². The Labute approximate surface area is 157 Å². The maximum Gasteiger partial charge on any atom is 0.176 e. The normalized spacial score (nSPS) is 18.4. The molecule has 0 bridgehead atoms. The molecule has 2 heterocycles. The second kappa shape index (κ2) is 6.88. The predicted molar refractivity (Wildman–Crippen MR) is 106 cm³/mol. The van der Waals surface area contributed by atoms with Gasteiger partial charge in [0, 0.05) is 17.5 Å². The van der Waals surface area contributed by atoms with Crippen molar-refractivity contribution >= 4 is 45.9 Å². The number of aliphatic imine (C=N–C) groups is 1. The second-order valence-electron chi connectivity index (χ2n) is 7.34. The number of ketones is 1. The minimum absolute atomic E-state index is 0.184. The van der Waals surface area contributed by atoms with Crippen LogP contribution in [0, 0.1) is 12.8 Å². The SMILES string of the molecule is C=N/C=C(\C=O)c1cc(C2CCC2)c2c(C)c(C(=O)C3CCC3)sc2n1. The van der Waals surface area contributed by atoms with Gasteiger partial charge in [0.2, 0.25) is 0 Å². The molecule has 4 nitrogen and oxygen atoms in total. The van der Waals surface area contributed by atoms with Crippen molar-refractivity contribution in [1.29, 1.82) is 0 Å². The van der Waals surface area contributed by atoms with Crippen molar-refractivity contribution in [1.82, 2.24) is 4.98 Å². The van der Waals surface area contributed by atoms with E-state index in [2.05, 4.69) is 18.6 Å². The number of carbonyl (C=O) groups is 2. The molecule has 2 fully saturated rings. The van der Waals surface area contributed by atoms with Crippen LogP contribution in [0.2, 0.25) is 0 Å². The van der Waals surface area contributed by atoms with Crippen LogP contribution in [0.4, 0.5) is 0 Å². The van der Waals surface area contributed by atoms with Gasteiger partial charge in [0.15, 0.2) is 12.1 Å². The molecule has 0 atom stereocenters. The molecule has 5 heteroatoms. The number of rotatable bonds is 6. The molecule has 0 saturated heterocycles. The maximum absolute atomic E-state index is 12.9. The molecule has 0 aliphatic heterocycles. The zero-order chi connectivity index (χ0) is 18.3. The van der Waals surface area contributed by atoms with Crippen LogP contribution < -0.4 is 0 Å². The Hall–Kier alpha value is -2.14. The molecule has 26 heavy (non-hydrogen) atoms. The molecule has 0 spiro atoms. The van der Waals surface area contributed by atoms with Gasteiger partial charge in [-0.25, -0.2) is 4.98 Å². The lowest BCUT2D eigenvalue weighted by Crippen LogP contribution is -2.21. The van der Waals surface area contributed by atoms with Crippen LogP contribution in [0.25, 0.3) is 15.8 Å². The third-order valence-electron chi connectivity index (χ3n) is 5.83. The highest BCUT2D eigenvalue weighted by atomic mass is 32.1. The minimum Gasteiger partial charge on any atom is -0.298 e. The van der Waals surface area contributed by atoms with E-state index >= 15 is 0 Å². The molecule has 2 aliphatic carbocycles. The highest BCUT2D eigenvalue weighted by Crippen LogP contribution is 2.45. The third kappa shape index (κ3) is 2.75. The van der Waals surface area contributed by atoms with Crippen molar-refractivity contribution in [2.75, 3.05) is 0 Å². The van der Waals surface area contributed by atoms with E-state index in [1.54, 1.807) is 0 Å². The van der Waals surface area contributed by atoms with Gasteiger partial charge in [0.1, 0.15) is 4.83 Å². The zero-order valence-corrected chi connectivity index (χ0v) is 15.8. The summed E-state index contributed by atoms with van der Waals surface area (Å²) < 4.78 is 0. The smallest absolute Gasteiger partial charge is 0.176 e. The summed E-state index contributed by atoms with van der Waals surface area (Å²) in [5.41, 5.74) is 3.36. The van der Waals surface area contributed by atoms with E-state index in [0.717, 1.165) is 59.0 Å². The van der Waals surface area contributed by atoms with Crippen molar-refractivity contribution in [3.05, 3.63) is 34.0 Å². The maximum atomic E-state index is 12.9. The largest absolute Gasteiger partial charge is 0.298 e. The van der Waals surface area contributed by atoms with E-state index in [-0.39, 0.29) is 11.7 Å². The second-order valence-corrected chi connectivity index (χ2v) is 8.34. The first-order valence-electron chi connectivity index (χ1n) is 9.23. The highest BCUT2D eigenvalue weighted by molar-refractivity contribution is 7.20. The molecular weight excluding hydrogens is 344 g/mol. The summed E-state index contributed by atoms with van der Waals surface area (Å²) in [6, 6.07) is 2.02. The summed E-state index contributed by atoms with van der Waals surface area (Å²) in [7, 11) is 0. The third-order valence-corrected chi connectivity index (χ3v) is 7.03. The molecule has 2 aromatic heterocycles. The molecule has 134 valence electrons. The first kappa shape index (κ1) is 17.3. The van der Waals surface area contributed by atoms with E-state index in [1.165, 1.54) is 29.5 Å². The standard InChI is InChI=1S/C21H22N2O2S/c1-12-18-16(13-5-3-6-13)9-17(15(11-24)10-22-2)23-21(18)26-20(12)19(25)14-7-4-8-14/h9-11,13-14H,2-8H2,1H3/b15-10+. The lowest BCUT2D eigenvalue weighted by Gasteiger charge is -2.27. The molecule has 4 rings (SSSR count). The van der Waals surface area contributed by atoms with Crippen molar-refractivity contribution in [2.45, 2.75) is 51.4 Å². The number of allylic oxidation sites excluding steroid dienone is 1. The molecule has 0 aromatic carbocycles. The number of carbonyl (C=O) groups excluding carboxylic acids is 2. The predicted octanol–water partition coefficient (Wildman–Crippen LogP) is 5.10. The van der Waals surface area contributed by atoms with E-state index < -0.39 is 0 Å². The average Bonchev–Trinajstić information content (AvgIpc) is 2.86. The lowest BCUT2D eigenvalue weighted by molar-refractivity contribution is -0.103. The van der Waals surface area contributed by atoms with E-state index in [1.807, 2.05) is 6.07 Å². The first-order valence-corrected chi connectivity index (χ1v) is 10.1. The van der Waals surface area contributed by atoms with Crippen LogP contribution in [-0.4, -0.2) is 23.8 Å². The number of aromatic nitrogens is 1. The van der Waals surface area contributed by atoms with Gasteiger partial charge in [-0.15, -0.1) is 11.3 Å². The number of pyridine rings is 1. The molecule has 0 amide bonds. The van der Waals surface area contributed by atoms with Crippen LogP contribution >= 0.6 is 11.3 Å². The number of hydrogen-bond acceptors (Lipinski definition) is 5. The van der Waals surface area contributed by atoms with Crippen LogP contribution in [0.3, 0.4) is 0 Å². The van der Waals surface area contributed by atoms with Crippen molar-refractivity contribution in [2.24, 2.45) is 10.9 Å². The molecule has 2 aliphatic rings. The summed E-state index contributed by atoms with van der Waals surface area (Å²) in [6.07, 6.45) is 8.91. The summed E-state index contributed by atoms with van der Waals surface area (Å²) in [5, 5.41) is 1.13. The summed E-state index contributed by atoms with van der Waals surface area (Å²) in [4.78, 5) is 34.5. The molecule has 0 radical (unpaired) electrons. The van der Waals surface area contributed by atoms with Gasteiger partial charge in [0.05, 0.1) is 16.1 Å². The zero-order valence-electron chi connectivity index (χ0n) is 15.0. The first-order chi connectivity index (χ1) is 12.6. The van der Waals surface area contributed by atoms with Gasteiger partial charge < -0.3 is 0 Å². The minimum atomic E-state index is 0.184. The fourth-order valence-corrected chi connectivity index (χ4v) is 5.05. The van der Waals surface area contributed by atoms with E-state index in [4.69, 9.17) is 4.98 Å². The van der Waals surface area contributed by atoms with Crippen LogP contribution in [0.5, 0.6) is 0 Å². The Balaban J connectivity index is 1.90. The summed E-state index contributed by atoms with van der Waals surface area (Å²) >= 11 is 1.49. The van der Waals surface area contributed by atoms with Gasteiger partial charge in [-0.3, -0.25) is 14.6 Å². The molecule has 2 aromatic rings. The number of aldehydes is 1. The molecule has 2 saturated carbocycles. The topological polar surface area (TPSA) is 59.4 Å². The van der Waals surface area contributed by atoms with Gasteiger partial charge >= 0.3 is 0 Å². The Kier molecular flexibility index (Phi) is 4.57. The lowest BCUT2D eigenvalue weighted by atomic mass is 9.78.